The number of halogens is 1. The normalized spacial score (nSPS) is 12.8. The molecule has 3 N–H and O–H groups in total. The summed E-state index contributed by atoms with van der Waals surface area (Å²) in [7, 11) is 0. The van der Waals surface area contributed by atoms with E-state index in [1.165, 1.54) is 6.20 Å². The summed E-state index contributed by atoms with van der Waals surface area (Å²) in [6, 6.07) is 11.0. The minimum atomic E-state index is -0.430. The molecule has 4 aromatic rings. The quantitative estimate of drug-likeness (QED) is 0.400. The first-order chi connectivity index (χ1) is 14.0. The second kappa shape index (κ2) is 7.26. The van der Waals surface area contributed by atoms with Gasteiger partial charge in [-0.2, -0.15) is 9.83 Å². The maximum atomic E-state index is 9.63. The molecule has 0 saturated heterocycles. The molecule has 0 bridgehead atoms. The maximum Gasteiger partial charge on any atom is 0.272 e. The number of benzene rings is 1. The van der Waals surface area contributed by atoms with Gasteiger partial charge in [0.15, 0.2) is 22.1 Å². The number of aromatic nitrogens is 5. The van der Waals surface area contributed by atoms with Gasteiger partial charge >= 0.3 is 0 Å². The summed E-state index contributed by atoms with van der Waals surface area (Å²) >= 11 is 6.20. The molecule has 0 unspecified atom stereocenters. The first-order valence-corrected chi connectivity index (χ1v) is 8.94. The molecule has 0 aliphatic rings. The van der Waals surface area contributed by atoms with Crippen LogP contribution >= 0.6 is 11.6 Å². The summed E-state index contributed by atoms with van der Waals surface area (Å²) in [4.78, 5) is 16.2. The average molecular weight is 407 g/mol. The molecule has 29 heavy (non-hydrogen) atoms. The van der Waals surface area contributed by atoms with E-state index in [9.17, 15) is 5.21 Å². The molecule has 0 spiro atoms. The number of hydrogen-bond acceptors (Lipinski definition) is 6. The Balaban J connectivity index is 1.94. The zero-order chi connectivity index (χ0) is 20.5. The summed E-state index contributed by atoms with van der Waals surface area (Å²) in [5, 5.41) is 14.7. The van der Waals surface area contributed by atoms with Crippen LogP contribution in [0.25, 0.3) is 21.7 Å². The Bertz CT molecular complexity index is 1320. The number of nitrogen functional groups attached to an aromatic ring is 1. The van der Waals surface area contributed by atoms with Crippen LogP contribution in [0.15, 0.2) is 53.9 Å². The summed E-state index contributed by atoms with van der Waals surface area (Å²) in [5.74, 6) is -0.127. The first-order valence-electron chi connectivity index (χ1n) is 8.57. The van der Waals surface area contributed by atoms with Crippen molar-refractivity contribution in [3.63, 3.8) is 0 Å². The third kappa shape index (κ3) is 3.26. The lowest BCUT2D eigenvalue weighted by atomic mass is 10.0. The SMILES string of the molecule is [C-]#[N+]c1c(N)n(O)cnc1=N[C@@H](C)c1cc2ncc(Cl)n2nc1-c1ccccc1. The molecular weight excluding hydrogens is 392 g/mol. The van der Waals surface area contributed by atoms with Gasteiger partial charge in [-0.25, -0.2) is 19.3 Å². The van der Waals surface area contributed by atoms with Gasteiger partial charge in [-0.05, 0) is 13.0 Å². The zero-order valence-corrected chi connectivity index (χ0v) is 16.0. The second-order valence-electron chi connectivity index (χ2n) is 6.23. The molecule has 144 valence electrons. The molecule has 0 amide bonds. The minimum Gasteiger partial charge on any atom is -0.427 e. The fourth-order valence-corrected chi connectivity index (χ4v) is 3.12. The van der Waals surface area contributed by atoms with E-state index in [1.54, 1.807) is 4.52 Å². The predicted octanol–water partition coefficient (Wildman–Crippen LogP) is 3.28. The van der Waals surface area contributed by atoms with Gasteiger partial charge in [0, 0.05) is 11.1 Å². The standard InChI is InChI=1S/C19H15ClN8O/c1-11(25-19-17(22-2)18(21)27(29)10-24-19)13-8-15-23-9-14(20)28(15)26-16(13)12-6-4-3-5-7-12/h3-11,29H,21H2,1H3/t11-/m0/s1. The number of rotatable bonds is 3. The van der Waals surface area contributed by atoms with E-state index in [2.05, 4.69) is 24.9 Å². The molecule has 0 aliphatic heterocycles. The Morgan fingerprint density at radius 3 is 2.76 bits per heavy atom. The Morgan fingerprint density at radius 2 is 2.03 bits per heavy atom. The summed E-state index contributed by atoms with van der Waals surface area (Å²) in [5.41, 5.74) is 8.79. The highest BCUT2D eigenvalue weighted by Crippen LogP contribution is 2.30. The highest BCUT2D eigenvalue weighted by Gasteiger charge is 2.17. The lowest BCUT2D eigenvalue weighted by Gasteiger charge is -2.14. The van der Waals surface area contributed by atoms with Crippen molar-refractivity contribution in [3.8, 4) is 11.3 Å². The molecule has 0 aliphatic carbocycles. The third-order valence-electron chi connectivity index (χ3n) is 4.40. The van der Waals surface area contributed by atoms with Crippen LogP contribution in [0.1, 0.15) is 18.5 Å². The number of nitrogens with two attached hydrogens (primary N) is 1. The number of imidazole rings is 1. The van der Waals surface area contributed by atoms with Gasteiger partial charge in [-0.1, -0.05) is 41.9 Å². The van der Waals surface area contributed by atoms with Gasteiger partial charge in [0.2, 0.25) is 0 Å². The van der Waals surface area contributed by atoms with Gasteiger partial charge in [-0.3, -0.25) is 4.99 Å². The van der Waals surface area contributed by atoms with Crippen LogP contribution in [-0.2, 0) is 0 Å². The van der Waals surface area contributed by atoms with E-state index in [0.29, 0.717) is 21.2 Å². The van der Waals surface area contributed by atoms with E-state index < -0.39 is 6.04 Å². The Hall–Kier alpha value is -3.90. The predicted molar refractivity (Wildman–Crippen MR) is 107 cm³/mol. The van der Waals surface area contributed by atoms with Crippen molar-refractivity contribution in [2.75, 3.05) is 5.73 Å². The Morgan fingerprint density at radius 1 is 1.28 bits per heavy atom. The van der Waals surface area contributed by atoms with Crippen molar-refractivity contribution in [3.05, 3.63) is 76.5 Å². The largest absolute Gasteiger partial charge is 0.427 e. The zero-order valence-electron chi connectivity index (χ0n) is 15.2. The molecule has 3 heterocycles. The minimum absolute atomic E-state index is 0.0268. The molecule has 0 fully saturated rings. The average Bonchev–Trinajstić information content (AvgIpc) is 3.10. The number of anilines is 1. The van der Waals surface area contributed by atoms with Gasteiger partial charge in [-0.15, -0.1) is 0 Å². The maximum absolute atomic E-state index is 9.63. The number of nitrogens with zero attached hydrogens (tertiary/aromatic N) is 7. The van der Waals surface area contributed by atoms with Crippen LogP contribution in [-0.4, -0.2) is 29.5 Å². The number of fused-ring (bicyclic) bond motifs is 1. The summed E-state index contributed by atoms with van der Waals surface area (Å²) in [6.45, 7) is 9.20. The van der Waals surface area contributed by atoms with E-state index in [-0.39, 0.29) is 17.0 Å². The summed E-state index contributed by atoms with van der Waals surface area (Å²) in [6.07, 6.45) is 2.63. The van der Waals surface area contributed by atoms with Crippen molar-refractivity contribution < 1.29 is 5.21 Å². The second-order valence-corrected chi connectivity index (χ2v) is 6.62. The van der Waals surface area contributed by atoms with E-state index in [0.717, 1.165) is 17.5 Å². The Kier molecular flexibility index (Phi) is 4.62. The molecule has 3 aromatic heterocycles. The molecular formula is C19H15ClN8O. The molecule has 9 nitrogen and oxygen atoms in total. The smallest absolute Gasteiger partial charge is 0.272 e. The fraction of sp³-hybridized carbons (Fsp3) is 0.105. The fourth-order valence-electron chi connectivity index (χ4n) is 2.95. The van der Waals surface area contributed by atoms with Crippen molar-refractivity contribution in [2.24, 2.45) is 4.99 Å². The first kappa shape index (κ1) is 18.5. The van der Waals surface area contributed by atoms with Crippen LogP contribution in [0.5, 0.6) is 0 Å². The molecule has 0 saturated carbocycles. The molecule has 1 atom stereocenters. The lowest BCUT2D eigenvalue weighted by molar-refractivity contribution is 0.187. The van der Waals surface area contributed by atoms with Crippen LogP contribution in [0, 0.1) is 6.57 Å². The van der Waals surface area contributed by atoms with Crippen molar-refractivity contribution in [1.82, 2.24) is 24.3 Å². The van der Waals surface area contributed by atoms with Crippen molar-refractivity contribution in [1.29, 1.82) is 0 Å². The highest BCUT2D eigenvalue weighted by molar-refractivity contribution is 6.29. The van der Waals surface area contributed by atoms with E-state index in [1.807, 2.05) is 43.3 Å². The highest BCUT2D eigenvalue weighted by atomic mass is 35.5. The van der Waals surface area contributed by atoms with Gasteiger partial charge in [0.05, 0.1) is 24.5 Å². The van der Waals surface area contributed by atoms with Crippen LogP contribution in [0.3, 0.4) is 0 Å². The van der Waals surface area contributed by atoms with Gasteiger partial charge in [0.1, 0.15) is 6.33 Å². The van der Waals surface area contributed by atoms with Crippen molar-refractivity contribution >= 4 is 28.8 Å². The molecule has 4 rings (SSSR count). The van der Waals surface area contributed by atoms with E-state index >= 15 is 0 Å². The van der Waals surface area contributed by atoms with Gasteiger partial charge < -0.3 is 10.9 Å². The lowest BCUT2D eigenvalue weighted by Crippen LogP contribution is -2.16. The topological polar surface area (TPSA) is 111 Å². The van der Waals surface area contributed by atoms with Crippen LogP contribution in [0.4, 0.5) is 11.5 Å². The monoisotopic (exact) mass is 406 g/mol. The number of hydrogen-bond donors (Lipinski definition) is 2. The molecule has 0 radical (unpaired) electrons. The Labute approximate surface area is 170 Å². The van der Waals surface area contributed by atoms with Crippen LogP contribution in [0.2, 0.25) is 5.15 Å². The van der Waals surface area contributed by atoms with Crippen LogP contribution < -0.4 is 11.2 Å². The van der Waals surface area contributed by atoms with Gasteiger partial charge in [0.25, 0.3) is 5.69 Å². The summed E-state index contributed by atoms with van der Waals surface area (Å²) < 4.78 is 2.14. The molecule has 1 aromatic carbocycles. The van der Waals surface area contributed by atoms with Crippen molar-refractivity contribution in [2.45, 2.75) is 13.0 Å². The third-order valence-corrected chi connectivity index (χ3v) is 4.65. The molecule has 10 heteroatoms. The van der Waals surface area contributed by atoms with E-state index in [4.69, 9.17) is 23.9 Å².